The fraction of sp³-hybridized carbons (Fsp3) is 0.562. The predicted molar refractivity (Wildman–Crippen MR) is 87.0 cm³/mol. The van der Waals surface area contributed by atoms with Crippen LogP contribution in [0.1, 0.15) is 32.6 Å². The summed E-state index contributed by atoms with van der Waals surface area (Å²) in [6, 6.07) is 5.97. The van der Waals surface area contributed by atoms with Crippen molar-refractivity contribution >= 4 is 18.3 Å². The maximum absolute atomic E-state index is 13.1. The summed E-state index contributed by atoms with van der Waals surface area (Å²) in [4.78, 5) is 12.0. The minimum absolute atomic E-state index is 0. The van der Waals surface area contributed by atoms with Gasteiger partial charge in [-0.05, 0) is 37.9 Å². The number of carbonyl (C=O) groups is 1. The molecule has 1 aromatic rings. The topological polar surface area (TPSA) is 50.4 Å². The van der Waals surface area contributed by atoms with Crippen molar-refractivity contribution in [3.05, 3.63) is 30.1 Å². The molecular weight excluding hydrogens is 307 g/mol. The fourth-order valence-corrected chi connectivity index (χ4v) is 2.42. The van der Waals surface area contributed by atoms with E-state index in [2.05, 4.69) is 10.6 Å². The minimum atomic E-state index is -0.321. The van der Waals surface area contributed by atoms with Crippen LogP contribution in [0.3, 0.4) is 0 Å². The summed E-state index contributed by atoms with van der Waals surface area (Å²) in [5.74, 6) is 0.195. The summed E-state index contributed by atoms with van der Waals surface area (Å²) < 4.78 is 18.8. The van der Waals surface area contributed by atoms with E-state index >= 15 is 0 Å². The summed E-state index contributed by atoms with van der Waals surface area (Å²) in [7, 11) is 0. The van der Waals surface area contributed by atoms with Crippen LogP contribution in [0.15, 0.2) is 24.3 Å². The third-order valence-corrected chi connectivity index (χ3v) is 3.68. The van der Waals surface area contributed by atoms with Gasteiger partial charge in [-0.25, -0.2) is 4.39 Å². The lowest BCUT2D eigenvalue weighted by atomic mass is 10.0. The highest BCUT2D eigenvalue weighted by atomic mass is 35.5. The molecule has 2 N–H and O–H groups in total. The van der Waals surface area contributed by atoms with Gasteiger partial charge in [-0.2, -0.15) is 0 Å². The Morgan fingerprint density at radius 2 is 2.32 bits per heavy atom. The van der Waals surface area contributed by atoms with E-state index in [9.17, 15) is 9.18 Å². The zero-order valence-corrected chi connectivity index (χ0v) is 13.6. The monoisotopic (exact) mass is 330 g/mol. The largest absolute Gasteiger partial charge is 0.489 e. The average molecular weight is 331 g/mol. The van der Waals surface area contributed by atoms with Gasteiger partial charge in [-0.3, -0.25) is 4.79 Å². The first kappa shape index (κ1) is 18.7. The van der Waals surface area contributed by atoms with Gasteiger partial charge in [0.05, 0.1) is 12.6 Å². The molecule has 0 saturated carbocycles. The van der Waals surface area contributed by atoms with Crippen molar-refractivity contribution in [1.29, 1.82) is 0 Å². The third kappa shape index (κ3) is 5.81. The molecule has 4 nitrogen and oxygen atoms in total. The molecule has 2 rings (SSSR count). The minimum Gasteiger partial charge on any atom is -0.489 e. The van der Waals surface area contributed by atoms with Gasteiger partial charge in [0, 0.05) is 6.07 Å². The molecule has 1 aliphatic heterocycles. The van der Waals surface area contributed by atoms with Crippen LogP contribution in [-0.2, 0) is 4.79 Å². The highest BCUT2D eigenvalue weighted by Crippen LogP contribution is 2.15. The van der Waals surface area contributed by atoms with E-state index < -0.39 is 0 Å². The van der Waals surface area contributed by atoms with Crippen LogP contribution in [0.2, 0.25) is 0 Å². The van der Waals surface area contributed by atoms with Crippen LogP contribution in [0.5, 0.6) is 5.75 Å². The summed E-state index contributed by atoms with van der Waals surface area (Å²) in [5.41, 5.74) is 0. The van der Waals surface area contributed by atoms with Crippen molar-refractivity contribution in [1.82, 2.24) is 10.6 Å². The molecule has 0 bridgehead atoms. The number of piperidine rings is 1. The zero-order chi connectivity index (χ0) is 15.1. The third-order valence-electron chi connectivity index (χ3n) is 3.68. The number of benzene rings is 1. The standard InChI is InChI=1S/C16H23FN2O2.ClH/c1-2-13(21-14-7-5-6-12(17)10-14)11-19-16(20)15-8-3-4-9-18-15;/h5-7,10,13,15,18H,2-4,8-9,11H2,1H3,(H,19,20);1H. The molecule has 6 heteroatoms. The molecule has 1 heterocycles. The highest BCUT2D eigenvalue weighted by molar-refractivity contribution is 5.85. The Bertz CT molecular complexity index is 467. The molecule has 0 aliphatic carbocycles. The summed E-state index contributed by atoms with van der Waals surface area (Å²) in [5, 5.41) is 6.13. The van der Waals surface area contributed by atoms with E-state index in [0.29, 0.717) is 12.3 Å². The van der Waals surface area contributed by atoms with Gasteiger partial charge in [-0.15, -0.1) is 12.4 Å². The normalized spacial score (nSPS) is 18.9. The SMILES string of the molecule is CCC(CNC(=O)C1CCCCN1)Oc1cccc(F)c1.Cl. The molecule has 1 aliphatic rings. The maximum Gasteiger partial charge on any atom is 0.237 e. The van der Waals surface area contributed by atoms with Crippen molar-refractivity contribution in [2.45, 2.75) is 44.8 Å². The number of nitrogens with one attached hydrogen (secondary N) is 2. The van der Waals surface area contributed by atoms with Crippen molar-refractivity contribution in [2.75, 3.05) is 13.1 Å². The van der Waals surface area contributed by atoms with Crippen LogP contribution in [-0.4, -0.2) is 31.1 Å². The van der Waals surface area contributed by atoms with Crippen LogP contribution >= 0.6 is 12.4 Å². The van der Waals surface area contributed by atoms with E-state index in [1.165, 1.54) is 12.1 Å². The van der Waals surface area contributed by atoms with Gasteiger partial charge < -0.3 is 15.4 Å². The first-order chi connectivity index (χ1) is 10.2. The number of amides is 1. The summed E-state index contributed by atoms with van der Waals surface area (Å²) >= 11 is 0. The number of hydrogen-bond donors (Lipinski definition) is 2. The van der Waals surface area contributed by atoms with Crippen molar-refractivity contribution < 1.29 is 13.9 Å². The van der Waals surface area contributed by atoms with Crippen LogP contribution in [0.4, 0.5) is 4.39 Å². The Hall–Kier alpha value is -1.33. The predicted octanol–water partition coefficient (Wildman–Crippen LogP) is 2.66. The Labute approximate surface area is 137 Å². The van der Waals surface area contributed by atoms with E-state index in [4.69, 9.17) is 4.74 Å². The number of rotatable bonds is 6. The molecule has 1 fully saturated rings. The van der Waals surface area contributed by atoms with Gasteiger partial charge in [0.2, 0.25) is 5.91 Å². The van der Waals surface area contributed by atoms with Gasteiger partial charge in [0.15, 0.2) is 0 Å². The van der Waals surface area contributed by atoms with Crippen molar-refractivity contribution in [3.8, 4) is 5.75 Å². The Morgan fingerprint density at radius 3 is 2.95 bits per heavy atom. The number of ether oxygens (including phenoxy) is 1. The van der Waals surface area contributed by atoms with Gasteiger partial charge in [0.1, 0.15) is 17.7 Å². The molecule has 0 radical (unpaired) electrons. The molecular formula is C16H24ClFN2O2. The molecule has 1 amide bonds. The van der Waals surface area contributed by atoms with E-state index in [0.717, 1.165) is 32.2 Å². The second-order valence-electron chi connectivity index (χ2n) is 5.35. The molecule has 124 valence electrons. The quantitative estimate of drug-likeness (QED) is 0.843. The van der Waals surface area contributed by atoms with Crippen LogP contribution in [0, 0.1) is 5.82 Å². The number of carbonyl (C=O) groups excluding carboxylic acids is 1. The molecule has 2 unspecified atom stereocenters. The van der Waals surface area contributed by atoms with Crippen LogP contribution < -0.4 is 15.4 Å². The lowest BCUT2D eigenvalue weighted by Crippen LogP contribution is -2.48. The summed E-state index contributed by atoms with van der Waals surface area (Å²) in [6.45, 7) is 3.31. The molecule has 1 aromatic carbocycles. The van der Waals surface area contributed by atoms with Crippen molar-refractivity contribution in [3.63, 3.8) is 0 Å². The Kier molecular flexibility index (Phi) is 8.20. The maximum atomic E-state index is 13.1. The lowest BCUT2D eigenvalue weighted by Gasteiger charge is -2.24. The second-order valence-corrected chi connectivity index (χ2v) is 5.35. The van der Waals surface area contributed by atoms with Crippen molar-refractivity contribution in [2.24, 2.45) is 0 Å². The second kappa shape index (κ2) is 9.64. The van der Waals surface area contributed by atoms with E-state index in [1.54, 1.807) is 12.1 Å². The number of hydrogen-bond acceptors (Lipinski definition) is 3. The molecule has 0 aromatic heterocycles. The first-order valence-corrected chi connectivity index (χ1v) is 7.62. The average Bonchev–Trinajstić information content (AvgIpc) is 2.52. The van der Waals surface area contributed by atoms with E-state index in [-0.39, 0.29) is 36.3 Å². The number of halogens is 2. The van der Waals surface area contributed by atoms with E-state index in [1.807, 2.05) is 6.92 Å². The van der Waals surface area contributed by atoms with Gasteiger partial charge in [-0.1, -0.05) is 19.4 Å². The Balaban J connectivity index is 0.00000242. The van der Waals surface area contributed by atoms with Gasteiger partial charge >= 0.3 is 0 Å². The molecule has 2 atom stereocenters. The Morgan fingerprint density at radius 1 is 1.50 bits per heavy atom. The molecule has 1 saturated heterocycles. The van der Waals surface area contributed by atoms with Crippen LogP contribution in [0.25, 0.3) is 0 Å². The molecule has 22 heavy (non-hydrogen) atoms. The zero-order valence-electron chi connectivity index (χ0n) is 12.8. The first-order valence-electron chi connectivity index (χ1n) is 7.62. The smallest absolute Gasteiger partial charge is 0.237 e. The van der Waals surface area contributed by atoms with Gasteiger partial charge in [0.25, 0.3) is 0 Å². The highest BCUT2D eigenvalue weighted by Gasteiger charge is 2.21. The summed E-state index contributed by atoms with van der Waals surface area (Å²) in [6.07, 6.45) is 3.69. The molecule has 0 spiro atoms. The fourth-order valence-electron chi connectivity index (χ4n) is 2.42. The lowest BCUT2D eigenvalue weighted by molar-refractivity contribution is -0.124.